The topological polar surface area (TPSA) is 52.6 Å². The summed E-state index contributed by atoms with van der Waals surface area (Å²) in [6.45, 7) is 0. The number of methoxy groups -OCH3 is 1. The molecular formula is C15H14O4S. The monoisotopic (exact) mass is 290 g/mol. The second kappa shape index (κ2) is 6.86. The van der Waals surface area contributed by atoms with Crippen molar-refractivity contribution in [2.75, 3.05) is 12.9 Å². The lowest BCUT2D eigenvalue weighted by Crippen LogP contribution is -2.11. The van der Waals surface area contributed by atoms with E-state index >= 15 is 0 Å². The van der Waals surface area contributed by atoms with Gasteiger partial charge in [0.2, 0.25) is 0 Å². The number of hydrogen-bond acceptors (Lipinski definition) is 4. The van der Waals surface area contributed by atoms with Gasteiger partial charge < -0.3 is 9.47 Å². The molecule has 0 fully saturated rings. The van der Waals surface area contributed by atoms with Crippen molar-refractivity contribution in [3.63, 3.8) is 0 Å². The Morgan fingerprint density at radius 1 is 1.00 bits per heavy atom. The Kier molecular flexibility index (Phi) is 4.90. The number of carbonyl (C=O) groups excluding carboxylic acids is 1. The predicted octanol–water partition coefficient (Wildman–Crippen LogP) is 2.76. The largest absolute Gasteiger partial charge is 0.468 e. The van der Waals surface area contributed by atoms with Gasteiger partial charge in [-0.2, -0.15) is 0 Å². The van der Waals surface area contributed by atoms with Gasteiger partial charge in [0.1, 0.15) is 17.3 Å². The van der Waals surface area contributed by atoms with Crippen molar-refractivity contribution >= 4 is 16.8 Å². The van der Waals surface area contributed by atoms with Crippen molar-refractivity contribution < 1.29 is 18.5 Å². The van der Waals surface area contributed by atoms with E-state index in [1.54, 1.807) is 24.3 Å². The van der Waals surface area contributed by atoms with Gasteiger partial charge in [-0.1, -0.05) is 18.2 Å². The first kappa shape index (κ1) is 14.3. The van der Waals surface area contributed by atoms with E-state index in [1.165, 1.54) is 7.11 Å². The average molecular weight is 290 g/mol. The minimum atomic E-state index is -1.40. The quantitative estimate of drug-likeness (QED) is 0.795. The molecule has 2 rings (SSSR count). The maximum atomic E-state index is 11.9. The Labute approximate surface area is 119 Å². The molecule has 0 spiro atoms. The van der Waals surface area contributed by atoms with Gasteiger partial charge in [-0.15, -0.1) is 0 Å². The van der Waals surface area contributed by atoms with Crippen molar-refractivity contribution in [1.82, 2.24) is 0 Å². The summed E-state index contributed by atoms with van der Waals surface area (Å²) in [5.74, 6) is 0.744. The number of ether oxygens (including phenoxy) is 2. The van der Waals surface area contributed by atoms with Crippen molar-refractivity contribution in [2.24, 2.45) is 0 Å². The summed E-state index contributed by atoms with van der Waals surface area (Å²) in [7, 11) is -0.124. The molecule has 0 aliphatic heterocycles. The van der Waals surface area contributed by atoms with E-state index in [4.69, 9.17) is 4.74 Å². The summed E-state index contributed by atoms with van der Waals surface area (Å²) in [4.78, 5) is 11.6. The molecule has 0 radical (unpaired) electrons. The van der Waals surface area contributed by atoms with Crippen LogP contribution in [0.3, 0.4) is 0 Å². The third kappa shape index (κ3) is 3.93. The van der Waals surface area contributed by atoms with Gasteiger partial charge >= 0.3 is 5.97 Å². The van der Waals surface area contributed by atoms with Crippen LogP contribution in [0.1, 0.15) is 0 Å². The van der Waals surface area contributed by atoms with Gasteiger partial charge in [-0.3, -0.25) is 9.00 Å². The molecule has 20 heavy (non-hydrogen) atoms. The third-order valence-corrected chi connectivity index (χ3v) is 3.84. The molecule has 0 aromatic heterocycles. The molecule has 5 heteroatoms. The normalized spacial score (nSPS) is 11.7. The summed E-state index contributed by atoms with van der Waals surface area (Å²) in [5, 5.41) is 0. The van der Waals surface area contributed by atoms with Crippen LogP contribution in [0.4, 0.5) is 0 Å². The van der Waals surface area contributed by atoms with E-state index in [-0.39, 0.29) is 5.75 Å². The molecular weight excluding hydrogens is 276 g/mol. The standard InChI is InChI=1S/C15H14O4S/c1-18-15(16)11-20(17)14-9-7-13(8-10-14)19-12-5-3-2-4-6-12/h2-10H,11H2,1H3. The second-order valence-electron chi connectivity index (χ2n) is 3.95. The van der Waals surface area contributed by atoms with Gasteiger partial charge in [-0.25, -0.2) is 0 Å². The van der Waals surface area contributed by atoms with Crippen LogP contribution >= 0.6 is 0 Å². The van der Waals surface area contributed by atoms with E-state index in [9.17, 15) is 9.00 Å². The van der Waals surface area contributed by atoms with Crippen molar-refractivity contribution in [1.29, 1.82) is 0 Å². The molecule has 0 bridgehead atoms. The minimum Gasteiger partial charge on any atom is -0.468 e. The molecule has 0 aliphatic rings. The Morgan fingerprint density at radius 3 is 2.20 bits per heavy atom. The van der Waals surface area contributed by atoms with Gasteiger partial charge in [0.05, 0.1) is 17.9 Å². The zero-order valence-electron chi connectivity index (χ0n) is 10.9. The number of rotatable bonds is 5. The lowest BCUT2D eigenvalue weighted by atomic mass is 10.3. The van der Waals surface area contributed by atoms with Crippen molar-refractivity contribution in [3.8, 4) is 11.5 Å². The molecule has 0 saturated heterocycles. The Balaban J connectivity index is 2.03. The zero-order valence-corrected chi connectivity index (χ0v) is 11.8. The highest BCUT2D eigenvalue weighted by Crippen LogP contribution is 2.22. The SMILES string of the molecule is COC(=O)CS(=O)c1ccc(Oc2ccccc2)cc1. The fraction of sp³-hybridized carbons (Fsp3) is 0.133. The first-order valence-electron chi connectivity index (χ1n) is 5.97. The number of hydrogen-bond donors (Lipinski definition) is 0. The predicted molar refractivity (Wildman–Crippen MR) is 76.2 cm³/mol. The second-order valence-corrected chi connectivity index (χ2v) is 5.40. The molecule has 0 saturated carbocycles. The van der Waals surface area contributed by atoms with Crippen molar-refractivity contribution in [2.45, 2.75) is 4.90 Å². The molecule has 1 atom stereocenters. The highest BCUT2D eigenvalue weighted by atomic mass is 32.2. The Morgan fingerprint density at radius 2 is 1.60 bits per heavy atom. The fourth-order valence-corrected chi connectivity index (χ4v) is 2.47. The van der Waals surface area contributed by atoms with Crippen LogP contribution < -0.4 is 4.74 Å². The smallest absolute Gasteiger partial charge is 0.318 e. The average Bonchev–Trinajstić information content (AvgIpc) is 2.49. The van der Waals surface area contributed by atoms with Crippen LogP contribution in [0.25, 0.3) is 0 Å². The Hall–Kier alpha value is -2.14. The van der Waals surface area contributed by atoms with Crippen LogP contribution in [-0.4, -0.2) is 23.0 Å². The molecule has 2 aromatic rings. The van der Waals surface area contributed by atoms with Crippen LogP contribution in [0.15, 0.2) is 59.5 Å². The zero-order chi connectivity index (χ0) is 14.4. The number of carbonyl (C=O) groups is 1. The molecule has 4 nitrogen and oxygen atoms in total. The minimum absolute atomic E-state index is 0.143. The molecule has 0 aliphatic carbocycles. The first-order valence-corrected chi connectivity index (χ1v) is 7.29. The summed E-state index contributed by atoms with van der Waals surface area (Å²) < 4.78 is 22.0. The number of esters is 1. The van der Waals surface area contributed by atoms with Gasteiger partial charge in [0, 0.05) is 4.90 Å². The van der Waals surface area contributed by atoms with Crippen LogP contribution in [0.5, 0.6) is 11.5 Å². The molecule has 2 aromatic carbocycles. The summed E-state index contributed by atoms with van der Waals surface area (Å²) in [6.07, 6.45) is 0. The first-order chi connectivity index (χ1) is 9.69. The highest BCUT2D eigenvalue weighted by Gasteiger charge is 2.10. The lowest BCUT2D eigenvalue weighted by Gasteiger charge is -2.06. The van der Waals surface area contributed by atoms with Gasteiger partial charge in [0.25, 0.3) is 0 Å². The summed E-state index contributed by atoms with van der Waals surface area (Å²) in [6, 6.07) is 16.2. The number of para-hydroxylation sites is 1. The molecule has 1 unspecified atom stereocenters. The number of benzene rings is 2. The third-order valence-electron chi connectivity index (χ3n) is 2.54. The Bertz CT molecular complexity index is 593. The summed E-state index contributed by atoms with van der Waals surface area (Å²) >= 11 is 0. The maximum Gasteiger partial charge on any atom is 0.318 e. The van der Waals surface area contributed by atoms with Crippen LogP contribution in [-0.2, 0) is 20.3 Å². The highest BCUT2D eigenvalue weighted by molar-refractivity contribution is 7.85. The van der Waals surface area contributed by atoms with E-state index in [1.807, 2.05) is 30.3 Å². The fourth-order valence-electron chi connectivity index (χ4n) is 1.53. The van der Waals surface area contributed by atoms with Crippen LogP contribution in [0.2, 0.25) is 0 Å². The van der Waals surface area contributed by atoms with E-state index < -0.39 is 16.8 Å². The van der Waals surface area contributed by atoms with E-state index in [0.717, 1.165) is 5.75 Å². The molecule has 0 N–H and O–H groups in total. The lowest BCUT2D eigenvalue weighted by molar-refractivity contribution is -0.137. The van der Waals surface area contributed by atoms with Crippen LogP contribution in [0, 0.1) is 0 Å². The molecule has 0 amide bonds. The van der Waals surface area contributed by atoms with E-state index in [2.05, 4.69) is 4.74 Å². The maximum absolute atomic E-state index is 11.9. The molecule has 104 valence electrons. The van der Waals surface area contributed by atoms with Crippen molar-refractivity contribution in [3.05, 3.63) is 54.6 Å². The van der Waals surface area contributed by atoms with Gasteiger partial charge in [0.15, 0.2) is 0 Å². The van der Waals surface area contributed by atoms with Gasteiger partial charge in [-0.05, 0) is 36.4 Å². The summed E-state index contributed by atoms with van der Waals surface area (Å²) in [5.41, 5.74) is 0. The van der Waals surface area contributed by atoms with E-state index in [0.29, 0.717) is 10.6 Å². The molecule has 0 heterocycles.